The summed E-state index contributed by atoms with van der Waals surface area (Å²) in [6.45, 7) is 1.86. The molecule has 0 aliphatic heterocycles. The second-order valence-corrected chi connectivity index (χ2v) is 6.18. The van der Waals surface area contributed by atoms with E-state index in [1.807, 2.05) is 6.92 Å². The molecule has 0 saturated heterocycles. The number of benzene rings is 2. The standard InChI is InChI=1S/C14H13N3O4S.ClH/c1-11-2-8-14(9-3-11)22(20,21)16-15-10-12-4-6-13(7-5-12)17(18)19;/h2-10,16H,1H3;1H/b15-10+;. The minimum atomic E-state index is -3.72. The Bertz CT molecular complexity index is 803. The quantitative estimate of drug-likeness (QED) is 0.506. The first-order valence-electron chi connectivity index (χ1n) is 6.24. The van der Waals surface area contributed by atoms with Crippen molar-refractivity contribution in [3.63, 3.8) is 0 Å². The highest BCUT2D eigenvalue weighted by atomic mass is 35.5. The van der Waals surface area contributed by atoms with E-state index in [4.69, 9.17) is 0 Å². The summed E-state index contributed by atoms with van der Waals surface area (Å²) in [5, 5.41) is 14.2. The van der Waals surface area contributed by atoms with E-state index in [0.29, 0.717) is 5.56 Å². The highest BCUT2D eigenvalue weighted by Crippen LogP contribution is 2.11. The second kappa shape index (κ2) is 7.70. The van der Waals surface area contributed by atoms with Crippen molar-refractivity contribution in [1.29, 1.82) is 0 Å². The molecular weight excluding hydrogens is 342 g/mol. The summed E-state index contributed by atoms with van der Waals surface area (Å²) in [4.78, 5) is 12.2. The van der Waals surface area contributed by atoms with Crippen LogP contribution in [-0.4, -0.2) is 19.6 Å². The molecule has 0 aliphatic rings. The summed E-state index contributed by atoms with van der Waals surface area (Å²) in [6.07, 6.45) is 1.27. The number of sulfonamides is 1. The highest BCUT2D eigenvalue weighted by Gasteiger charge is 2.11. The highest BCUT2D eigenvalue weighted by molar-refractivity contribution is 7.89. The average molecular weight is 356 g/mol. The van der Waals surface area contributed by atoms with Gasteiger partial charge in [0.05, 0.1) is 16.0 Å². The van der Waals surface area contributed by atoms with Gasteiger partial charge in [0.15, 0.2) is 0 Å². The lowest BCUT2D eigenvalue weighted by Gasteiger charge is -2.03. The summed E-state index contributed by atoms with van der Waals surface area (Å²) in [6, 6.07) is 11.9. The van der Waals surface area contributed by atoms with Crippen molar-refractivity contribution in [1.82, 2.24) is 4.83 Å². The number of halogens is 1. The zero-order valence-electron chi connectivity index (χ0n) is 12.0. The van der Waals surface area contributed by atoms with Crippen LogP contribution in [-0.2, 0) is 10.0 Å². The van der Waals surface area contributed by atoms with Gasteiger partial charge in [0.25, 0.3) is 15.7 Å². The zero-order chi connectivity index (χ0) is 16.2. The maximum Gasteiger partial charge on any atom is 0.276 e. The lowest BCUT2D eigenvalue weighted by atomic mass is 10.2. The van der Waals surface area contributed by atoms with Crippen LogP contribution in [0, 0.1) is 17.0 Å². The number of hydrogen-bond acceptors (Lipinski definition) is 5. The fourth-order valence-corrected chi connectivity index (χ4v) is 2.41. The van der Waals surface area contributed by atoms with Gasteiger partial charge in [-0.1, -0.05) is 17.7 Å². The van der Waals surface area contributed by atoms with Gasteiger partial charge in [-0.25, -0.2) is 4.83 Å². The molecule has 2 aromatic carbocycles. The molecule has 0 fully saturated rings. The molecule has 2 rings (SSSR count). The van der Waals surface area contributed by atoms with Crippen LogP contribution in [0.5, 0.6) is 0 Å². The van der Waals surface area contributed by atoms with E-state index in [2.05, 4.69) is 9.93 Å². The van der Waals surface area contributed by atoms with Crippen molar-refractivity contribution >= 4 is 34.3 Å². The SMILES string of the molecule is Cc1ccc(S(=O)(=O)N/N=C/c2ccc([N+](=O)[O-])cc2)cc1.Cl. The predicted molar refractivity (Wildman–Crippen MR) is 89.4 cm³/mol. The van der Waals surface area contributed by atoms with Gasteiger partial charge in [-0.2, -0.15) is 13.5 Å². The first-order chi connectivity index (χ1) is 10.4. The number of nitro groups is 1. The van der Waals surface area contributed by atoms with E-state index in [-0.39, 0.29) is 23.0 Å². The number of aryl methyl sites for hydroxylation is 1. The minimum absolute atomic E-state index is 0. The Morgan fingerprint density at radius 1 is 1.09 bits per heavy atom. The average Bonchev–Trinajstić information content (AvgIpc) is 2.48. The predicted octanol–water partition coefficient (Wildman–Crippen LogP) is 2.64. The smallest absolute Gasteiger partial charge is 0.258 e. The van der Waals surface area contributed by atoms with Crippen LogP contribution in [0.4, 0.5) is 5.69 Å². The maximum atomic E-state index is 12.0. The van der Waals surface area contributed by atoms with E-state index in [0.717, 1.165) is 5.56 Å². The number of non-ortho nitro benzene ring substituents is 1. The van der Waals surface area contributed by atoms with Crippen molar-refractivity contribution in [2.45, 2.75) is 11.8 Å². The molecule has 122 valence electrons. The topological polar surface area (TPSA) is 102 Å². The second-order valence-electron chi connectivity index (χ2n) is 4.51. The van der Waals surface area contributed by atoms with Crippen LogP contribution in [0.15, 0.2) is 58.5 Å². The van der Waals surface area contributed by atoms with Crippen LogP contribution < -0.4 is 4.83 Å². The van der Waals surface area contributed by atoms with Crippen molar-refractivity contribution in [2.24, 2.45) is 5.10 Å². The summed E-state index contributed by atoms with van der Waals surface area (Å²) >= 11 is 0. The van der Waals surface area contributed by atoms with Crippen molar-refractivity contribution in [3.8, 4) is 0 Å². The lowest BCUT2D eigenvalue weighted by Crippen LogP contribution is -2.18. The van der Waals surface area contributed by atoms with Gasteiger partial charge < -0.3 is 0 Å². The van der Waals surface area contributed by atoms with E-state index < -0.39 is 14.9 Å². The number of hydrazone groups is 1. The monoisotopic (exact) mass is 355 g/mol. The normalized spacial score (nSPS) is 11.0. The van der Waals surface area contributed by atoms with Crippen molar-refractivity contribution in [3.05, 3.63) is 69.8 Å². The molecule has 2 aromatic rings. The van der Waals surface area contributed by atoms with Crippen LogP contribution >= 0.6 is 12.4 Å². The largest absolute Gasteiger partial charge is 0.276 e. The number of rotatable bonds is 5. The Morgan fingerprint density at radius 2 is 1.65 bits per heavy atom. The Hall–Kier alpha value is -2.45. The Labute approximate surface area is 139 Å². The Morgan fingerprint density at radius 3 is 2.17 bits per heavy atom. The number of nitrogens with zero attached hydrogens (tertiary/aromatic N) is 2. The molecule has 0 aliphatic carbocycles. The van der Waals surface area contributed by atoms with E-state index >= 15 is 0 Å². The number of hydrogen-bond donors (Lipinski definition) is 1. The maximum absolute atomic E-state index is 12.0. The molecule has 0 unspecified atom stereocenters. The summed E-state index contributed by atoms with van der Waals surface area (Å²) in [7, 11) is -3.72. The molecule has 0 bridgehead atoms. The van der Waals surface area contributed by atoms with Gasteiger partial charge in [0.2, 0.25) is 0 Å². The third kappa shape index (κ3) is 5.04. The van der Waals surface area contributed by atoms with E-state index in [9.17, 15) is 18.5 Å². The fraction of sp³-hybridized carbons (Fsp3) is 0.0714. The van der Waals surface area contributed by atoms with Gasteiger partial charge in [-0.15, -0.1) is 12.4 Å². The third-order valence-electron chi connectivity index (χ3n) is 2.82. The van der Waals surface area contributed by atoms with Crippen LogP contribution in [0.3, 0.4) is 0 Å². The van der Waals surface area contributed by atoms with Crippen LogP contribution in [0.2, 0.25) is 0 Å². The van der Waals surface area contributed by atoms with Gasteiger partial charge in [0, 0.05) is 12.1 Å². The molecule has 9 heteroatoms. The molecule has 0 radical (unpaired) electrons. The zero-order valence-corrected chi connectivity index (χ0v) is 13.7. The third-order valence-corrected chi connectivity index (χ3v) is 4.06. The van der Waals surface area contributed by atoms with Crippen LogP contribution in [0.1, 0.15) is 11.1 Å². The number of nitrogens with one attached hydrogen (secondary N) is 1. The first kappa shape index (κ1) is 18.6. The summed E-state index contributed by atoms with van der Waals surface area (Å²) < 4.78 is 23.9. The van der Waals surface area contributed by atoms with E-state index in [1.54, 1.807) is 12.1 Å². The van der Waals surface area contributed by atoms with Gasteiger partial charge in [-0.3, -0.25) is 10.1 Å². The molecular formula is C14H14ClN3O4S. The van der Waals surface area contributed by atoms with Gasteiger partial charge in [0.1, 0.15) is 0 Å². The Balaban J connectivity index is 0.00000264. The van der Waals surface area contributed by atoms with E-state index in [1.165, 1.54) is 42.6 Å². The first-order valence-corrected chi connectivity index (χ1v) is 7.73. The van der Waals surface area contributed by atoms with Gasteiger partial charge in [-0.05, 0) is 36.8 Å². The lowest BCUT2D eigenvalue weighted by molar-refractivity contribution is -0.384. The molecule has 23 heavy (non-hydrogen) atoms. The summed E-state index contributed by atoms with van der Waals surface area (Å²) in [5.74, 6) is 0. The van der Waals surface area contributed by atoms with Crippen molar-refractivity contribution in [2.75, 3.05) is 0 Å². The molecule has 0 saturated carbocycles. The number of nitro benzene ring substituents is 1. The van der Waals surface area contributed by atoms with Crippen molar-refractivity contribution < 1.29 is 13.3 Å². The minimum Gasteiger partial charge on any atom is -0.258 e. The molecule has 0 spiro atoms. The molecule has 0 heterocycles. The van der Waals surface area contributed by atoms with Crippen LogP contribution in [0.25, 0.3) is 0 Å². The molecule has 0 amide bonds. The molecule has 7 nitrogen and oxygen atoms in total. The summed E-state index contributed by atoms with van der Waals surface area (Å²) in [5.41, 5.74) is 1.45. The fourth-order valence-electron chi connectivity index (χ4n) is 1.62. The Kier molecular flexibility index (Phi) is 6.23. The van der Waals surface area contributed by atoms with Gasteiger partial charge >= 0.3 is 0 Å². The molecule has 0 aromatic heterocycles. The molecule has 1 N–H and O–H groups in total. The molecule has 0 atom stereocenters.